The number of benzene rings is 2. The van der Waals surface area contributed by atoms with Gasteiger partial charge in [0, 0.05) is 35.7 Å². The van der Waals surface area contributed by atoms with Gasteiger partial charge in [0.1, 0.15) is 13.2 Å². The Balaban J connectivity index is 0.00000289. The van der Waals surface area contributed by atoms with E-state index in [0.29, 0.717) is 26.2 Å². The molecule has 1 aliphatic rings. The molecule has 9 heteroatoms. The Morgan fingerprint density at radius 3 is 2.53 bits per heavy atom. The van der Waals surface area contributed by atoms with Crippen molar-refractivity contribution in [2.75, 3.05) is 51.1 Å². The van der Waals surface area contributed by atoms with E-state index in [2.05, 4.69) is 17.0 Å². The molecule has 0 aliphatic carbocycles. The first-order valence-electron chi connectivity index (χ1n) is 10.4. The van der Waals surface area contributed by atoms with E-state index in [-0.39, 0.29) is 18.3 Å². The standard InChI is InChI=1S/C23H27N3O3S2.ClH/c1-25(2)10-6-11-26(22(27)9-14-30-17-7-4-3-5-8-17)23-24-18-15-19-20(16-21(18)31-23)29-13-12-28-19;/h3-5,7-8,15-16H,6,9-14H2,1-2H3;1H. The van der Waals surface area contributed by atoms with E-state index < -0.39 is 0 Å². The van der Waals surface area contributed by atoms with Crippen LogP contribution in [-0.4, -0.2) is 61.9 Å². The Kier molecular flexibility index (Phi) is 9.04. The summed E-state index contributed by atoms with van der Waals surface area (Å²) >= 11 is 3.24. The normalized spacial score (nSPS) is 12.6. The van der Waals surface area contributed by atoms with Crippen molar-refractivity contribution in [2.24, 2.45) is 0 Å². The largest absolute Gasteiger partial charge is 0.486 e. The minimum absolute atomic E-state index is 0. The van der Waals surface area contributed by atoms with Crippen molar-refractivity contribution < 1.29 is 14.3 Å². The van der Waals surface area contributed by atoms with Crippen LogP contribution in [0.5, 0.6) is 11.5 Å². The molecule has 172 valence electrons. The summed E-state index contributed by atoms with van der Waals surface area (Å²) in [5, 5.41) is 0.741. The van der Waals surface area contributed by atoms with Gasteiger partial charge in [-0.2, -0.15) is 0 Å². The molecule has 32 heavy (non-hydrogen) atoms. The minimum Gasteiger partial charge on any atom is -0.486 e. The highest BCUT2D eigenvalue weighted by Gasteiger charge is 2.21. The van der Waals surface area contributed by atoms with Gasteiger partial charge in [-0.05, 0) is 39.2 Å². The van der Waals surface area contributed by atoms with Crippen LogP contribution in [0.4, 0.5) is 5.13 Å². The highest BCUT2D eigenvalue weighted by Crippen LogP contribution is 2.39. The maximum atomic E-state index is 13.2. The molecule has 3 aromatic rings. The van der Waals surface area contributed by atoms with Crippen LogP contribution in [0.25, 0.3) is 10.2 Å². The number of hydrogen-bond acceptors (Lipinski definition) is 7. The van der Waals surface area contributed by atoms with Crippen molar-refractivity contribution in [1.82, 2.24) is 9.88 Å². The molecule has 0 bridgehead atoms. The molecule has 1 aromatic heterocycles. The van der Waals surface area contributed by atoms with E-state index in [4.69, 9.17) is 14.5 Å². The van der Waals surface area contributed by atoms with E-state index in [1.807, 2.05) is 49.3 Å². The number of rotatable bonds is 9. The predicted octanol–water partition coefficient (Wildman–Crippen LogP) is 4.96. The number of carbonyl (C=O) groups is 1. The average Bonchev–Trinajstić information content (AvgIpc) is 3.17. The zero-order valence-corrected chi connectivity index (χ0v) is 20.7. The average molecular weight is 494 g/mol. The third-order valence-electron chi connectivity index (χ3n) is 4.89. The summed E-state index contributed by atoms with van der Waals surface area (Å²) in [7, 11) is 4.09. The molecule has 4 rings (SSSR count). The second kappa shape index (κ2) is 11.7. The molecule has 0 N–H and O–H groups in total. The third kappa shape index (κ3) is 6.28. The number of anilines is 1. The van der Waals surface area contributed by atoms with E-state index in [1.54, 1.807) is 11.8 Å². The van der Waals surface area contributed by atoms with Crippen molar-refractivity contribution in [3.05, 3.63) is 42.5 Å². The molecule has 1 aliphatic heterocycles. The van der Waals surface area contributed by atoms with Crippen LogP contribution in [0.15, 0.2) is 47.4 Å². The number of carbonyl (C=O) groups excluding carboxylic acids is 1. The number of thiazole rings is 1. The summed E-state index contributed by atoms with van der Waals surface area (Å²) in [5.74, 6) is 2.33. The van der Waals surface area contributed by atoms with Crippen molar-refractivity contribution in [3.63, 3.8) is 0 Å². The van der Waals surface area contributed by atoms with Crippen LogP contribution in [0.3, 0.4) is 0 Å². The lowest BCUT2D eigenvalue weighted by molar-refractivity contribution is -0.118. The highest BCUT2D eigenvalue weighted by atomic mass is 35.5. The topological polar surface area (TPSA) is 54.9 Å². The lowest BCUT2D eigenvalue weighted by Gasteiger charge is -2.21. The Labute approximate surface area is 203 Å². The number of thioether (sulfide) groups is 1. The molecule has 0 radical (unpaired) electrons. The molecule has 2 heterocycles. The van der Waals surface area contributed by atoms with E-state index in [9.17, 15) is 4.79 Å². The fourth-order valence-electron chi connectivity index (χ4n) is 3.35. The van der Waals surface area contributed by atoms with Crippen molar-refractivity contribution in [1.29, 1.82) is 0 Å². The summed E-state index contributed by atoms with van der Waals surface area (Å²) in [6.45, 7) is 2.67. The molecule has 0 spiro atoms. The van der Waals surface area contributed by atoms with Crippen molar-refractivity contribution in [2.45, 2.75) is 17.7 Å². The Morgan fingerprint density at radius 2 is 1.81 bits per heavy atom. The van der Waals surface area contributed by atoms with Gasteiger partial charge in [0.25, 0.3) is 0 Å². The second-order valence-electron chi connectivity index (χ2n) is 7.57. The van der Waals surface area contributed by atoms with Crippen molar-refractivity contribution >= 4 is 56.8 Å². The van der Waals surface area contributed by atoms with Gasteiger partial charge in [-0.3, -0.25) is 9.69 Å². The van der Waals surface area contributed by atoms with Gasteiger partial charge in [0.05, 0.1) is 10.2 Å². The number of amides is 1. The maximum absolute atomic E-state index is 13.2. The Bertz CT molecular complexity index is 987. The third-order valence-corrected chi connectivity index (χ3v) is 6.94. The highest BCUT2D eigenvalue weighted by molar-refractivity contribution is 7.99. The summed E-state index contributed by atoms with van der Waals surface area (Å²) in [5.41, 5.74) is 0.841. The summed E-state index contributed by atoms with van der Waals surface area (Å²) in [6, 6.07) is 14.1. The number of hydrogen-bond donors (Lipinski definition) is 0. The SMILES string of the molecule is CN(C)CCCN(C(=O)CCSc1ccccc1)c1nc2cc3c(cc2s1)OCCO3.Cl. The lowest BCUT2D eigenvalue weighted by Crippen LogP contribution is -2.33. The van der Waals surface area contributed by atoms with Crippen LogP contribution in [0.2, 0.25) is 0 Å². The first-order valence-corrected chi connectivity index (χ1v) is 12.2. The van der Waals surface area contributed by atoms with Gasteiger partial charge in [-0.15, -0.1) is 24.2 Å². The van der Waals surface area contributed by atoms with Crippen molar-refractivity contribution in [3.8, 4) is 11.5 Å². The van der Waals surface area contributed by atoms with E-state index >= 15 is 0 Å². The van der Waals surface area contributed by atoms with Gasteiger partial charge < -0.3 is 14.4 Å². The molecule has 0 fully saturated rings. The number of fused-ring (bicyclic) bond motifs is 2. The number of ether oxygens (including phenoxy) is 2. The zero-order chi connectivity index (χ0) is 21.6. The van der Waals surface area contributed by atoms with E-state index in [1.165, 1.54) is 16.2 Å². The van der Waals surface area contributed by atoms with Crippen LogP contribution < -0.4 is 14.4 Å². The monoisotopic (exact) mass is 493 g/mol. The van der Waals surface area contributed by atoms with Crippen LogP contribution in [-0.2, 0) is 4.79 Å². The first kappa shape index (κ1) is 24.6. The van der Waals surface area contributed by atoms with Crippen LogP contribution >= 0.6 is 35.5 Å². The molecule has 0 saturated heterocycles. The van der Waals surface area contributed by atoms with Gasteiger partial charge in [0.2, 0.25) is 5.91 Å². The Hall–Kier alpha value is -2.00. The van der Waals surface area contributed by atoms with E-state index in [0.717, 1.165) is 45.6 Å². The minimum atomic E-state index is 0. The summed E-state index contributed by atoms with van der Waals surface area (Å²) < 4.78 is 12.4. The Morgan fingerprint density at radius 1 is 1.09 bits per heavy atom. The zero-order valence-electron chi connectivity index (χ0n) is 18.3. The quantitative estimate of drug-likeness (QED) is 0.393. The van der Waals surface area contributed by atoms with Crippen LogP contribution in [0, 0.1) is 0 Å². The molecule has 1 amide bonds. The summed E-state index contributed by atoms with van der Waals surface area (Å²) in [6.07, 6.45) is 1.36. The summed E-state index contributed by atoms with van der Waals surface area (Å²) in [4.78, 5) is 23.1. The molecule has 0 unspecified atom stereocenters. The predicted molar refractivity (Wildman–Crippen MR) is 135 cm³/mol. The van der Waals surface area contributed by atoms with Gasteiger partial charge >= 0.3 is 0 Å². The van der Waals surface area contributed by atoms with Gasteiger partial charge in [-0.1, -0.05) is 29.5 Å². The van der Waals surface area contributed by atoms with Crippen LogP contribution in [0.1, 0.15) is 12.8 Å². The number of halogens is 1. The maximum Gasteiger partial charge on any atom is 0.229 e. The fourth-order valence-corrected chi connectivity index (χ4v) is 5.23. The molecule has 6 nitrogen and oxygen atoms in total. The molecule has 0 atom stereocenters. The molecule has 0 saturated carbocycles. The van der Waals surface area contributed by atoms with Gasteiger partial charge in [-0.25, -0.2) is 4.98 Å². The second-order valence-corrected chi connectivity index (χ2v) is 9.75. The number of nitrogens with zero attached hydrogens (tertiary/aromatic N) is 3. The molecular formula is C23H28ClN3O3S2. The van der Waals surface area contributed by atoms with Gasteiger partial charge in [0.15, 0.2) is 16.6 Å². The first-order chi connectivity index (χ1) is 15.1. The smallest absolute Gasteiger partial charge is 0.229 e. The fraction of sp³-hybridized carbons (Fsp3) is 0.391. The molecule has 2 aromatic carbocycles. The number of aromatic nitrogens is 1. The lowest BCUT2D eigenvalue weighted by atomic mass is 10.3. The molecular weight excluding hydrogens is 466 g/mol.